The van der Waals surface area contributed by atoms with Gasteiger partial charge in [0.2, 0.25) is 0 Å². The number of benzene rings is 1. The number of nitrogen functional groups attached to an aromatic ring is 2. The highest BCUT2D eigenvalue weighted by atomic mass is 16.5. The van der Waals surface area contributed by atoms with Crippen molar-refractivity contribution in [3.05, 3.63) is 30.0 Å². The van der Waals surface area contributed by atoms with Gasteiger partial charge in [-0.2, -0.15) is 5.10 Å². The topological polar surface area (TPSA) is 79.1 Å². The molecule has 0 aliphatic carbocycles. The summed E-state index contributed by atoms with van der Waals surface area (Å²) in [6.45, 7) is 2.00. The standard InChI is InChI=1S/C12H16N4O/c1-3-10-11(13)12(14)16(15-10)8-4-6-9(17-2)7-5-8/h4-7H,3,13-14H2,1-2H3. The normalized spacial score (nSPS) is 10.5. The SMILES string of the molecule is CCc1nn(-c2ccc(OC)cc2)c(N)c1N. The summed E-state index contributed by atoms with van der Waals surface area (Å²) >= 11 is 0. The summed E-state index contributed by atoms with van der Waals surface area (Å²) < 4.78 is 6.75. The quantitative estimate of drug-likeness (QED) is 0.842. The van der Waals surface area contributed by atoms with E-state index in [1.165, 1.54) is 0 Å². The first kappa shape index (κ1) is 11.3. The Morgan fingerprint density at radius 1 is 1.24 bits per heavy atom. The number of anilines is 2. The molecule has 0 unspecified atom stereocenters. The van der Waals surface area contributed by atoms with Crippen LogP contribution in [0.5, 0.6) is 5.75 Å². The molecule has 0 fully saturated rings. The summed E-state index contributed by atoms with van der Waals surface area (Å²) in [7, 11) is 1.63. The molecular formula is C12H16N4O. The van der Waals surface area contributed by atoms with Crippen LogP contribution < -0.4 is 16.2 Å². The van der Waals surface area contributed by atoms with Crippen LogP contribution in [-0.4, -0.2) is 16.9 Å². The maximum Gasteiger partial charge on any atom is 0.150 e. The predicted octanol–water partition coefficient (Wildman–Crippen LogP) is 1.61. The maximum atomic E-state index is 5.93. The number of methoxy groups -OCH3 is 1. The first-order valence-electron chi connectivity index (χ1n) is 5.44. The first-order chi connectivity index (χ1) is 8.17. The molecule has 90 valence electrons. The number of hydrogen-bond donors (Lipinski definition) is 2. The highest BCUT2D eigenvalue weighted by molar-refractivity contribution is 5.65. The molecule has 0 bridgehead atoms. The first-order valence-corrected chi connectivity index (χ1v) is 5.44. The molecule has 1 aromatic carbocycles. The van der Waals surface area contributed by atoms with Crippen LogP contribution in [0, 0.1) is 0 Å². The average Bonchev–Trinajstić information content (AvgIpc) is 2.66. The monoisotopic (exact) mass is 232 g/mol. The zero-order valence-electron chi connectivity index (χ0n) is 9.97. The fraction of sp³-hybridized carbons (Fsp3) is 0.250. The van der Waals surface area contributed by atoms with Gasteiger partial charge >= 0.3 is 0 Å². The Balaban J connectivity index is 2.45. The van der Waals surface area contributed by atoms with Crippen LogP contribution >= 0.6 is 0 Å². The summed E-state index contributed by atoms with van der Waals surface area (Å²) in [4.78, 5) is 0. The van der Waals surface area contributed by atoms with Crippen molar-refractivity contribution in [2.24, 2.45) is 0 Å². The van der Waals surface area contributed by atoms with E-state index in [0.717, 1.165) is 23.6 Å². The Bertz CT molecular complexity index is 516. The third-order valence-electron chi connectivity index (χ3n) is 2.69. The van der Waals surface area contributed by atoms with Crippen molar-refractivity contribution >= 4 is 11.5 Å². The second kappa shape index (κ2) is 4.37. The van der Waals surface area contributed by atoms with Gasteiger partial charge in [0.25, 0.3) is 0 Å². The number of hydrogen-bond acceptors (Lipinski definition) is 4. The van der Waals surface area contributed by atoms with Gasteiger partial charge in [0.15, 0.2) is 5.82 Å². The van der Waals surface area contributed by atoms with Gasteiger partial charge in [-0.15, -0.1) is 0 Å². The van der Waals surface area contributed by atoms with E-state index in [0.29, 0.717) is 11.5 Å². The zero-order chi connectivity index (χ0) is 12.4. The van der Waals surface area contributed by atoms with E-state index < -0.39 is 0 Å². The van der Waals surface area contributed by atoms with Crippen molar-refractivity contribution in [1.82, 2.24) is 9.78 Å². The Labute approximate surface area is 100.0 Å². The fourth-order valence-electron chi connectivity index (χ4n) is 1.67. The molecule has 5 heteroatoms. The maximum absolute atomic E-state index is 5.93. The minimum absolute atomic E-state index is 0.479. The van der Waals surface area contributed by atoms with Crippen molar-refractivity contribution in [2.75, 3.05) is 18.6 Å². The molecule has 1 aromatic heterocycles. The van der Waals surface area contributed by atoms with Crippen molar-refractivity contribution < 1.29 is 4.74 Å². The van der Waals surface area contributed by atoms with Crippen LogP contribution in [-0.2, 0) is 6.42 Å². The van der Waals surface area contributed by atoms with Crippen molar-refractivity contribution in [3.63, 3.8) is 0 Å². The van der Waals surface area contributed by atoms with E-state index in [4.69, 9.17) is 16.2 Å². The lowest BCUT2D eigenvalue weighted by atomic mass is 10.3. The van der Waals surface area contributed by atoms with Crippen LogP contribution in [0.1, 0.15) is 12.6 Å². The summed E-state index contributed by atoms with van der Waals surface area (Å²) in [5, 5.41) is 4.38. The van der Waals surface area contributed by atoms with Gasteiger partial charge in [-0.1, -0.05) is 6.92 Å². The summed E-state index contributed by atoms with van der Waals surface area (Å²) in [6, 6.07) is 7.50. The highest BCUT2D eigenvalue weighted by Crippen LogP contribution is 2.24. The van der Waals surface area contributed by atoms with Crippen LogP contribution in [0.2, 0.25) is 0 Å². The average molecular weight is 232 g/mol. The number of aromatic nitrogens is 2. The van der Waals surface area contributed by atoms with Gasteiger partial charge in [-0.3, -0.25) is 0 Å². The molecule has 2 rings (SSSR count). The lowest BCUT2D eigenvalue weighted by Gasteiger charge is -2.05. The molecular weight excluding hydrogens is 216 g/mol. The molecule has 0 aliphatic rings. The molecule has 17 heavy (non-hydrogen) atoms. The molecule has 0 saturated heterocycles. The molecule has 0 radical (unpaired) electrons. The van der Waals surface area contributed by atoms with E-state index >= 15 is 0 Å². The Kier molecular flexibility index (Phi) is 2.91. The Hall–Kier alpha value is -2.17. The van der Waals surface area contributed by atoms with E-state index in [1.54, 1.807) is 11.8 Å². The lowest BCUT2D eigenvalue weighted by molar-refractivity contribution is 0.414. The molecule has 0 aliphatic heterocycles. The summed E-state index contributed by atoms with van der Waals surface area (Å²) in [5.41, 5.74) is 14.0. The lowest BCUT2D eigenvalue weighted by Crippen LogP contribution is -2.02. The van der Waals surface area contributed by atoms with Gasteiger partial charge in [0, 0.05) is 0 Å². The zero-order valence-corrected chi connectivity index (χ0v) is 9.97. The van der Waals surface area contributed by atoms with E-state index in [9.17, 15) is 0 Å². The second-order valence-electron chi connectivity index (χ2n) is 3.71. The third kappa shape index (κ3) is 1.91. The summed E-state index contributed by atoms with van der Waals surface area (Å²) in [5.74, 6) is 1.27. The molecule has 4 N–H and O–H groups in total. The molecule has 0 atom stereocenters. The van der Waals surface area contributed by atoms with Crippen LogP contribution in [0.4, 0.5) is 11.5 Å². The number of nitrogens with two attached hydrogens (primary N) is 2. The van der Waals surface area contributed by atoms with Crippen LogP contribution in [0.15, 0.2) is 24.3 Å². The van der Waals surface area contributed by atoms with Crippen molar-refractivity contribution in [3.8, 4) is 11.4 Å². The second-order valence-corrected chi connectivity index (χ2v) is 3.71. The molecule has 0 spiro atoms. The van der Waals surface area contributed by atoms with Crippen LogP contribution in [0.3, 0.4) is 0 Å². The number of ether oxygens (including phenoxy) is 1. The number of rotatable bonds is 3. The van der Waals surface area contributed by atoms with Gasteiger partial charge < -0.3 is 16.2 Å². The minimum atomic E-state index is 0.479. The van der Waals surface area contributed by atoms with Gasteiger partial charge in [0.05, 0.1) is 24.2 Å². The largest absolute Gasteiger partial charge is 0.497 e. The van der Waals surface area contributed by atoms with Crippen LogP contribution in [0.25, 0.3) is 5.69 Å². The van der Waals surface area contributed by atoms with Gasteiger partial charge in [-0.05, 0) is 30.7 Å². The minimum Gasteiger partial charge on any atom is -0.497 e. The number of nitrogens with zero attached hydrogens (tertiary/aromatic N) is 2. The van der Waals surface area contributed by atoms with Crippen molar-refractivity contribution in [2.45, 2.75) is 13.3 Å². The predicted molar refractivity (Wildman–Crippen MR) is 68.3 cm³/mol. The molecule has 0 saturated carbocycles. The molecule has 0 amide bonds. The van der Waals surface area contributed by atoms with Crippen molar-refractivity contribution in [1.29, 1.82) is 0 Å². The fourth-order valence-corrected chi connectivity index (χ4v) is 1.67. The van der Waals surface area contributed by atoms with Gasteiger partial charge in [-0.25, -0.2) is 4.68 Å². The summed E-state index contributed by atoms with van der Waals surface area (Å²) in [6.07, 6.45) is 0.763. The van der Waals surface area contributed by atoms with E-state index in [-0.39, 0.29) is 0 Å². The smallest absolute Gasteiger partial charge is 0.150 e. The van der Waals surface area contributed by atoms with Gasteiger partial charge in [0.1, 0.15) is 5.75 Å². The number of aryl methyl sites for hydroxylation is 1. The highest BCUT2D eigenvalue weighted by Gasteiger charge is 2.12. The van der Waals surface area contributed by atoms with E-state index in [1.807, 2.05) is 31.2 Å². The van der Waals surface area contributed by atoms with E-state index in [2.05, 4.69) is 5.10 Å². The molecule has 1 heterocycles. The Morgan fingerprint density at radius 2 is 1.88 bits per heavy atom. The Morgan fingerprint density at radius 3 is 2.35 bits per heavy atom. The molecule has 5 nitrogen and oxygen atoms in total. The third-order valence-corrected chi connectivity index (χ3v) is 2.69. The molecule has 2 aromatic rings.